The number of hydrogen-bond acceptors (Lipinski definition) is 3. The van der Waals surface area contributed by atoms with Crippen LogP contribution in [0.1, 0.15) is 32.4 Å². The monoisotopic (exact) mass is 271 g/mol. The maximum atomic E-state index is 10.2. The summed E-state index contributed by atoms with van der Waals surface area (Å²) in [5.41, 5.74) is 0.732. The van der Waals surface area contributed by atoms with Gasteiger partial charge in [0.15, 0.2) is 0 Å². The Morgan fingerprint density at radius 1 is 1.11 bits per heavy atom. The van der Waals surface area contributed by atoms with E-state index in [1.54, 1.807) is 13.0 Å². The summed E-state index contributed by atoms with van der Waals surface area (Å²) in [7, 11) is 0. The summed E-state index contributed by atoms with van der Waals surface area (Å²) in [4.78, 5) is 2.04. The molecule has 1 aromatic carbocycles. The topological polar surface area (TPSA) is 43.7 Å². The lowest BCUT2D eigenvalue weighted by atomic mass is 10.1. The fourth-order valence-corrected chi connectivity index (χ4v) is 2.16. The molecule has 3 nitrogen and oxygen atoms in total. The Kier molecular flexibility index (Phi) is 6.09. The average Bonchev–Trinajstić information content (AvgIpc) is 2.27. The molecule has 102 valence electrons. The van der Waals surface area contributed by atoms with Gasteiger partial charge in [0.05, 0.1) is 12.2 Å². The summed E-state index contributed by atoms with van der Waals surface area (Å²) in [6.45, 7) is 6.84. The van der Waals surface area contributed by atoms with Crippen molar-refractivity contribution in [3.8, 4) is 0 Å². The summed E-state index contributed by atoms with van der Waals surface area (Å²) in [5.74, 6) is 0. The molecule has 0 bridgehead atoms. The van der Waals surface area contributed by atoms with Crippen LogP contribution in [-0.4, -0.2) is 40.3 Å². The van der Waals surface area contributed by atoms with Gasteiger partial charge >= 0.3 is 0 Å². The van der Waals surface area contributed by atoms with Crippen LogP contribution < -0.4 is 0 Å². The number of benzene rings is 1. The molecule has 0 aliphatic rings. The molecule has 0 amide bonds. The number of nitrogens with zero attached hydrogens (tertiary/aromatic N) is 1. The molecule has 0 aromatic heterocycles. The number of rotatable bonds is 6. The molecule has 0 aliphatic heterocycles. The van der Waals surface area contributed by atoms with Crippen LogP contribution in [0.15, 0.2) is 24.3 Å². The van der Waals surface area contributed by atoms with Crippen molar-refractivity contribution in [2.24, 2.45) is 0 Å². The molecule has 2 atom stereocenters. The van der Waals surface area contributed by atoms with Crippen LogP contribution in [0.5, 0.6) is 0 Å². The van der Waals surface area contributed by atoms with E-state index in [1.165, 1.54) is 0 Å². The Morgan fingerprint density at radius 3 is 2.22 bits per heavy atom. The molecule has 0 radical (unpaired) electrons. The van der Waals surface area contributed by atoms with E-state index in [4.69, 9.17) is 11.6 Å². The molecule has 4 heteroatoms. The minimum Gasteiger partial charge on any atom is -0.392 e. The summed E-state index contributed by atoms with van der Waals surface area (Å²) >= 11 is 6.06. The highest BCUT2D eigenvalue weighted by Crippen LogP contribution is 2.23. The molecular formula is C14H22ClNO2. The number of halogens is 1. The molecule has 2 unspecified atom stereocenters. The van der Waals surface area contributed by atoms with Crippen molar-refractivity contribution in [2.45, 2.75) is 39.0 Å². The Morgan fingerprint density at radius 2 is 1.72 bits per heavy atom. The molecule has 0 fully saturated rings. The highest BCUT2D eigenvalue weighted by atomic mass is 35.5. The first-order valence-corrected chi connectivity index (χ1v) is 6.64. The van der Waals surface area contributed by atoms with Crippen LogP contribution in [-0.2, 0) is 0 Å². The van der Waals surface area contributed by atoms with E-state index in [9.17, 15) is 10.2 Å². The van der Waals surface area contributed by atoms with Crippen LogP contribution in [0, 0.1) is 0 Å². The fourth-order valence-electron chi connectivity index (χ4n) is 1.90. The van der Waals surface area contributed by atoms with Crippen molar-refractivity contribution in [1.29, 1.82) is 0 Å². The maximum Gasteiger partial charge on any atom is 0.0931 e. The molecule has 1 rings (SSSR count). The van der Waals surface area contributed by atoms with Gasteiger partial charge in [-0.2, -0.15) is 0 Å². The largest absolute Gasteiger partial charge is 0.392 e. The van der Waals surface area contributed by atoms with Crippen LogP contribution >= 0.6 is 11.6 Å². The van der Waals surface area contributed by atoms with Crippen molar-refractivity contribution in [2.75, 3.05) is 13.1 Å². The van der Waals surface area contributed by atoms with Crippen molar-refractivity contribution < 1.29 is 10.2 Å². The third-order valence-electron chi connectivity index (χ3n) is 2.90. The van der Waals surface area contributed by atoms with Crippen molar-refractivity contribution in [3.63, 3.8) is 0 Å². The van der Waals surface area contributed by atoms with Crippen LogP contribution in [0.4, 0.5) is 0 Å². The van der Waals surface area contributed by atoms with Crippen LogP contribution in [0.2, 0.25) is 5.02 Å². The highest BCUT2D eigenvalue weighted by molar-refractivity contribution is 6.31. The summed E-state index contributed by atoms with van der Waals surface area (Å²) < 4.78 is 0. The van der Waals surface area contributed by atoms with Gasteiger partial charge in [0.25, 0.3) is 0 Å². The Balaban J connectivity index is 2.72. The van der Waals surface area contributed by atoms with E-state index >= 15 is 0 Å². The SMILES string of the molecule is CC(O)CN(CC(O)c1ccccc1Cl)C(C)C. The van der Waals surface area contributed by atoms with Crippen LogP contribution in [0.3, 0.4) is 0 Å². The van der Waals surface area contributed by atoms with E-state index in [0.717, 1.165) is 5.56 Å². The summed E-state index contributed by atoms with van der Waals surface area (Å²) in [5, 5.41) is 20.3. The molecule has 0 saturated carbocycles. The van der Waals surface area contributed by atoms with Gasteiger partial charge in [0, 0.05) is 29.7 Å². The lowest BCUT2D eigenvalue weighted by molar-refractivity contribution is 0.0588. The molecular weight excluding hydrogens is 250 g/mol. The van der Waals surface area contributed by atoms with Gasteiger partial charge in [-0.25, -0.2) is 0 Å². The van der Waals surface area contributed by atoms with E-state index in [-0.39, 0.29) is 6.04 Å². The molecule has 0 spiro atoms. The van der Waals surface area contributed by atoms with Crippen molar-refractivity contribution in [1.82, 2.24) is 4.90 Å². The standard InChI is InChI=1S/C14H22ClNO2/c1-10(2)16(8-11(3)17)9-14(18)12-6-4-5-7-13(12)15/h4-7,10-11,14,17-18H,8-9H2,1-3H3. The zero-order valence-corrected chi connectivity index (χ0v) is 11.9. The Labute approximate surface area is 114 Å². The van der Waals surface area contributed by atoms with Gasteiger partial charge in [0.2, 0.25) is 0 Å². The van der Waals surface area contributed by atoms with E-state index < -0.39 is 12.2 Å². The number of aliphatic hydroxyl groups is 2. The van der Waals surface area contributed by atoms with Gasteiger partial charge in [-0.05, 0) is 26.8 Å². The lowest BCUT2D eigenvalue weighted by Gasteiger charge is -2.30. The lowest BCUT2D eigenvalue weighted by Crippen LogP contribution is -2.39. The van der Waals surface area contributed by atoms with Gasteiger partial charge in [-0.1, -0.05) is 29.8 Å². The van der Waals surface area contributed by atoms with E-state index in [1.807, 2.05) is 36.9 Å². The minimum absolute atomic E-state index is 0.261. The summed E-state index contributed by atoms with van der Waals surface area (Å²) in [6.07, 6.45) is -1.05. The second kappa shape index (κ2) is 7.10. The first-order valence-electron chi connectivity index (χ1n) is 6.26. The zero-order valence-electron chi connectivity index (χ0n) is 11.2. The fraction of sp³-hybridized carbons (Fsp3) is 0.571. The Hall–Kier alpha value is -0.610. The molecule has 18 heavy (non-hydrogen) atoms. The average molecular weight is 272 g/mol. The molecule has 0 saturated heterocycles. The normalized spacial score (nSPS) is 15.1. The third-order valence-corrected chi connectivity index (χ3v) is 3.24. The molecule has 2 N–H and O–H groups in total. The summed E-state index contributed by atoms with van der Waals surface area (Å²) in [6, 6.07) is 7.56. The van der Waals surface area contributed by atoms with E-state index in [2.05, 4.69) is 0 Å². The third kappa shape index (κ3) is 4.58. The first-order chi connectivity index (χ1) is 8.41. The van der Waals surface area contributed by atoms with Gasteiger partial charge in [0.1, 0.15) is 0 Å². The van der Waals surface area contributed by atoms with Gasteiger partial charge < -0.3 is 10.2 Å². The molecule has 0 aliphatic carbocycles. The van der Waals surface area contributed by atoms with Crippen molar-refractivity contribution in [3.05, 3.63) is 34.9 Å². The molecule has 1 aromatic rings. The van der Waals surface area contributed by atoms with Crippen molar-refractivity contribution >= 4 is 11.6 Å². The zero-order chi connectivity index (χ0) is 13.7. The second-order valence-corrected chi connectivity index (χ2v) is 5.34. The number of hydrogen-bond donors (Lipinski definition) is 2. The Bertz CT molecular complexity index is 369. The first kappa shape index (κ1) is 15.4. The van der Waals surface area contributed by atoms with Crippen LogP contribution in [0.25, 0.3) is 0 Å². The predicted molar refractivity (Wildman–Crippen MR) is 74.8 cm³/mol. The smallest absolute Gasteiger partial charge is 0.0931 e. The molecule has 0 heterocycles. The van der Waals surface area contributed by atoms with Gasteiger partial charge in [-0.3, -0.25) is 4.90 Å². The predicted octanol–water partition coefficient (Wildman–Crippen LogP) is 2.46. The maximum absolute atomic E-state index is 10.2. The minimum atomic E-state index is -0.639. The number of aliphatic hydroxyl groups excluding tert-OH is 2. The quantitative estimate of drug-likeness (QED) is 0.835. The highest BCUT2D eigenvalue weighted by Gasteiger charge is 2.19. The van der Waals surface area contributed by atoms with Gasteiger partial charge in [-0.15, -0.1) is 0 Å². The second-order valence-electron chi connectivity index (χ2n) is 4.93. The van der Waals surface area contributed by atoms with E-state index in [0.29, 0.717) is 18.1 Å².